The highest BCUT2D eigenvalue weighted by Crippen LogP contribution is 2.44. The van der Waals surface area contributed by atoms with E-state index in [1.807, 2.05) is 54.6 Å². The van der Waals surface area contributed by atoms with Gasteiger partial charge in [0.05, 0.1) is 36.8 Å². The minimum Gasteiger partial charge on any atom is -0.497 e. The number of thioether (sulfide) groups is 1. The summed E-state index contributed by atoms with van der Waals surface area (Å²) in [6.07, 6.45) is 0. The van der Waals surface area contributed by atoms with E-state index in [9.17, 15) is 9.59 Å². The number of methoxy groups -OCH3 is 1. The maximum atomic E-state index is 13.1. The van der Waals surface area contributed by atoms with Gasteiger partial charge >= 0.3 is 5.97 Å². The van der Waals surface area contributed by atoms with Crippen molar-refractivity contribution >= 4 is 34.5 Å². The summed E-state index contributed by atoms with van der Waals surface area (Å²) in [4.78, 5) is 32.1. The Balaban J connectivity index is 1.97. The molecule has 0 aliphatic carbocycles. The molecule has 7 heteroatoms. The van der Waals surface area contributed by atoms with E-state index in [2.05, 4.69) is 0 Å². The van der Waals surface area contributed by atoms with Crippen LogP contribution in [-0.2, 0) is 14.3 Å². The molecule has 0 spiro atoms. The predicted octanol–water partition coefficient (Wildman–Crippen LogP) is 3.66. The van der Waals surface area contributed by atoms with E-state index in [1.54, 1.807) is 18.9 Å². The van der Waals surface area contributed by atoms with Gasteiger partial charge in [0.15, 0.2) is 5.17 Å². The minimum absolute atomic E-state index is 0.0875. The Morgan fingerprint density at radius 1 is 1.21 bits per heavy atom. The van der Waals surface area contributed by atoms with Gasteiger partial charge < -0.3 is 9.47 Å². The highest BCUT2D eigenvalue weighted by Gasteiger charge is 2.44. The third-order valence-corrected chi connectivity index (χ3v) is 5.68. The van der Waals surface area contributed by atoms with Crippen molar-refractivity contribution in [2.45, 2.75) is 13.0 Å². The summed E-state index contributed by atoms with van der Waals surface area (Å²) < 4.78 is 10.8. The van der Waals surface area contributed by atoms with Gasteiger partial charge in [-0.05, 0) is 24.6 Å². The molecule has 1 amide bonds. The van der Waals surface area contributed by atoms with E-state index in [1.165, 1.54) is 11.8 Å². The van der Waals surface area contributed by atoms with Crippen LogP contribution in [0.15, 0.2) is 65.2 Å². The number of amidine groups is 1. The molecule has 29 heavy (non-hydrogen) atoms. The zero-order valence-corrected chi connectivity index (χ0v) is 16.9. The molecule has 2 aromatic carbocycles. The van der Waals surface area contributed by atoms with Gasteiger partial charge in [0.25, 0.3) is 0 Å². The summed E-state index contributed by atoms with van der Waals surface area (Å²) >= 11 is 1.38. The Labute approximate surface area is 173 Å². The van der Waals surface area contributed by atoms with Crippen molar-refractivity contribution in [3.05, 3.63) is 71.3 Å². The quantitative estimate of drug-likeness (QED) is 0.707. The fraction of sp³-hybridized carbons (Fsp3) is 0.227. The first-order chi connectivity index (χ1) is 14.1. The summed E-state index contributed by atoms with van der Waals surface area (Å²) in [5.41, 5.74) is 2.45. The van der Waals surface area contributed by atoms with Crippen LogP contribution in [-0.4, -0.2) is 41.4 Å². The normalized spacial score (nSPS) is 18.4. The maximum Gasteiger partial charge on any atom is 0.338 e. The van der Waals surface area contributed by atoms with Crippen molar-refractivity contribution in [2.24, 2.45) is 4.99 Å². The first-order valence-electron chi connectivity index (χ1n) is 9.28. The van der Waals surface area contributed by atoms with E-state index in [0.717, 1.165) is 11.1 Å². The van der Waals surface area contributed by atoms with E-state index in [-0.39, 0.29) is 18.3 Å². The SMILES string of the molecule is CCOC(=O)C1=C(c2ccccc2)N=C2SCC(=O)N2[C@H]1c1cccc(OC)c1. The molecule has 1 fully saturated rings. The van der Waals surface area contributed by atoms with Crippen molar-refractivity contribution < 1.29 is 19.1 Å². The van der Waals surface area contributed by atoms with Crippen LogP contribution in [0.5, 0.6) is 5.75 Å². The van der Waals surface area contributed by atoms with Crippen molar-refractivity contribution in [3.63, 3.8) is 0 Å². The number of aliphatic imine (C=N–C) groups is 1. The molecule has 0 radical (unpaired) electrons. The lowest BCUT2D eigenvalue weighted by Crippen LogP contribution is -2.39. The second kappa shape index (κ2) is 8.13. The third kappa shape index (κ3) is 3.53. The maximum absolute atomic E-state index is 13.1. The molecule has 0 unspecified atom stereocenters. The summed E-state index contributed by atoms with van der Waals surface area (Å²) in [5.74, 6) is 0.370. The molecule has 6 nitrogen and oxygen atoms in total. The van der Waals surface area contributed by atoms with Crippen LogP contribution in [0.2, 0.25) is 0 Å². The number of carbonyl (C=O) groups excluding carboxylic acids is 2. The predicted molar refractivity (Wildman–Crippen MR) is 112 cm³/mol. The molecule has 1 saturated heterocycles. The summed E-state index contributed by atoms with van der Waals surface area (Å²) in [7, 11) is 1.58. The monoisotopic (exact) mass is 408 g/mol. The third-order valence-electron chi connectivity index (χ3n) is 4.75. The van der Waals surface area contributed by atoms with Crippen molar-refractivity contribution in [1.82, 2.24) is 4.90 Å². The van der Waals surface area contributed by atoms with E-state index >= 15 is 0 Å². The lowest BCUT2D eigenvalue weighted by Gasteiger charge is -2.33. The molecule has 0 saturated carbocycles. The topological polar surface area (TPSA) is 68.2 Å². The Morgan fingerprint density at radius 2 is 2.00 bits per heavy atom. The standard InChI is InChI=1S/C22H20N2O4S/c1-3-28-21(26)18-19(14-8-5-4-6-9-14)23-22-24(17(25)13-29-22)20(18)15-10-7-11-16(12-15)27-2/h4-12,20H,3,13H2,1-2H3/t20-/m0/s1. The first-order valence-corrected chi connectivity index (χ1v) is 10.3. The van der Waals surface area contributed by atoms with Crippen LogP contribution in [0.25, 0.3) is 5.70 Å². The lowest BCUT2D eigenvalue weighted by molar-refractivity contribution is -0.139. The van der Waals surface area contributed by atoms with E-state index < -0.39 is 12.0 Å². The Kier molecular flexibility index (Phi) is 5.40. The van der Waals surface area contributed by atoms with E-state index in [0.29, 0.717) is 22.2 Å². The van der Waals surface area contributed by atoms with Crippen molar-refractivity contribution in [1.29, 1.82) is 0 Å². The van der Waals surface area contributed by atoms with Crippen LogP contribution in [0, 0.1) is 0 Å². The zero-order valence-electron chi connectivity index (χ0n) is 16.1. The molecular formula is C22H20N2O4S. The molecule has 4 rings (SSSR count). The van der Waals surface area contributed by atoms with Gasteiger partial charge in [-0.25, -0.2) is 9.79 Å². The van der Waals surface area contributed by atoms with Crippen LogP contribution in [0.3, 0.4) is 0 Å². The number of carbonyl (C=O) groups is 2. The van der Waals surface area contributed by atoms with Crippen LogP contribution >= 0.6 is 11.8 Å². The fourth-order valence-corrected chi connectivity index (χ4v) is 4.38. The van der Waals surface area contributed by atoms with Gasteiger partial charge in [0, 0.05) is 5.56 Å². The number of esters is 1. The van der Waals surface area contributed by atoms with Crippen LogP contribution in [0.4, 0.5) is 0 Å². The summed E-state index contributed by atoms with van der Waals surface area (Å²) in [6, 6.07) is 16.3. The van der Waals surface area contributed by atoms with Gasteiger partial charge in [0.2, 0.25) is 5.91 Å². The first kappa shape index (κ1) is 19.3. The van der Waals surface area contributed by atoms with Crippen molar-refractivity contribution in [3.8, 4) is 5.75 Å². The largest absolute Gasteiger partial charge is 0.497 e. The lowest BCUT2D eigenvalue weighted by atomic mass is 9.92. The summed E-state index contributed by atoms with van der Waals surface area (Å²) in [5, 5.41) is 0.592. The molecule has 2 heterocycles. The molecule has 0 N–H and O–H groups in total. The minimum atomic E-state index is -0.630. The number of fused-ring (bicyclic) bond motifs is 1. The second-order valence-corrected chi connectivity index (χ2v) is 7.42. The Morgan fingerprint density at radius 3 is 2.72 bits per heavy atom. The Hall–Kier alpha value is -3.06. The average molecular weight is 408 g/mol. The molecule has 148 valence electrons. The summed E-state index contributed by atoms with van der Waals surface area (Å²) in [6.45, 7) is 1.99. The Bertz CT molecular complexity index is 1020. The van der Waals surface area contributed by atoms with E-state index in [4.69, 9.17) is 14.5 Å². The highest BCUT2D eigenvalue weighted by atomic mass is 32.2. The van der Waals surface area contributed by atoms with Gasteiger partial charge in [-0.3, -0.25) is 9.69 Å². The second-order valence-electron chi connectivity index (χ2n) is 6.47. The van der Waals surface area contributed by atoms with Gasteiger partial charge in [-0.1, -0.05) is 54.2 Å². The fourth-order valence-electron chi connectivity index (χ4n) is 3.49. The van der Waals surface area contributed by atoms with Gasteiger partial charge in [0.1, 0.15) is 5.75 Å². The number of benzene rings is 2. The molecule has 2 aromatic rings. The average Bonchev–Trinajstić information content (AvgIpc) is 3.13. The van der Waals surface area contributed by atoms with Gasteiger partial charge in [-0.15, -0.1) is 0 Å². The van der Waals surface area contributed by atoms with Crippen LogP contribution in [0.1, 0.15) is 24.1 Å². The number of ether oxygens (including phenoxy) is 2. The number of hydrogen-bond donors (Lipinski definition) is 0. The number of nitrogens with zero attached hydrogens (tertiary/aromatic N) is 2. The number of hydrogen-bond acceptors (Lipinski definition) is 6. The molecular weight excluding hydrogens is 388 g/mol. The molecule has 0 bridgehead atoms. The van der Waals surface area contributed by atoms with Crippen molar-refractivity contribution in [2.75, 3.05) is 19.5 Å². The molecule has 2 aliphatic heterocycles. The van der Waals surface area contributed by atoms with Gasteiger partial charge in [-0.2, -0.15) is 0 Å². The number of amides is 1. The molecule has 2 aliphatic rings. The highest BCUT2D eigenvalue weighted by molar-refractivity contribution is 8.15. The van der Waals surface area contributed by atoms with Crippen LogP contribution < -0.4 is 4.74 Å². The molecule has 0 aromatic heterocycles. The number of rotatable bonds is 5. The smallest absolute Gasteiger partial charge is 0.338 e. The zero-order chi connectivity index (χ0) is 20.4. The molecule has 1 atom stereocenters.